The summed E-state index contributed by atoms with van der Waals surface area (Å²) < 4.78 is 16.8. The maximum Gasteiger partial charge on any atom is 0.251 e. The van der Waals surface area contributed by atoms with E-state index in [0.29, 0.717) is 29.4 Å². The minimum absolute atomic E-state index is 0.195. The fourth-order valence-electron chi connectivity index (χ4n) is 2.44. The predicted octanol–water partition coefficient (Wildman–Crippen LogP) is 3.38. The molecular formula is C20H32N2O5. The number of hydrogen-bond donors (Lipinski definition) is 1. The van der Waals surface area contributed by atoms with E-state index in [1.165, 1.54) is 21.3 Å². The van der Waals surface area contributed by atoms with Crippen molar-refractivity contribution in [3.05, 3.63) is 22.9 Å². The summed E-state index contributed by atoms with van der Waals surface area (Å²) in [7, 11) is 4.54. The number of benzene rings is 1. The van der Waals surface area contributed by atoms with Gasteiger partial charge in [0.15, 0.2) is 23.3 Å². The molecule has 0 fully saturated rings. The standard InChI is InChI=1S/C20H32N2O5/c1-20(2,3)22(24)12-10-8-7-9-11-21-19(23)15-13-16(25-4)18(27-6)17(14-15)26-5/h12-14H,7-11H2,1-6H3,(H,21,23)/b22-12-. The lowest BCUT2D eigenvalue weighted by atomic mass is 10.1. The second-order valence-corrected chi connectivity index (χ2v) is 7.20. The number of unbranched alkanes of at least 4 members (excludes halogenated alkanes) is 3. The van der Waals surface area contributed by atoms with Crippen LogP contribution in [-0.2, 0) is 0 Å². The van der Waals surface area contributed by atoms with Crippen LogP contribution in [0.2, 0.25) is 0 Å². The fourth-order valence-corrected chi connectivity index (χ4v) is 2.44. The Bertz CT molecular complexity index is 625. The minimum Gasteiger partial charge on any atom is -0.624 e. The molecule has 7 nitrogen and oxygen atoms in total. The average molecular weight is 380 g/mol. The maximum absolute atomic E-state index is 12.4. The molecular weight excluding hydrogens is 348 g/mol. The highest BCUT2D eigenvalue weighted by atomic mass is 16.5. The number of methoxy groups -OCH3 is 3. The molecule has 0 atom stereocenters. The van der Waals surface area contributed by atoms with E-state index < -0.39 is 5.54 Å². The predicted molar refractivity (Wildman–Crippen MR) is 106 cm³/mol. The van der Waals surface area contributed by atoms with Crippen LogP contribution in [-0.4, -0.2) is 50.3 Å². The molecule has 7 heteroatoms. The third-order valence-electron chi connectivity index (χ3n) is 4.05. The highest BCUT2D eigenvalue weighted by Crippen LogP contribution is 2.38. The van der Waals surface area contributed by atoms with Crippen molar-refractivity contribution in [3.63, 3.8) is 0 Å². The first-order valence-electron chi connectivity index (χ1n) is 9.12. The van der Waals surface area contributed by atoms with Crippen molar-refractivity contribution in [2.24, 2.45) is 0 Å². The average Bonchev–Trinajstić information content (AvgIpc) is 2.64. The number of nitrogens with zero attached hydrogens (tertiary/aromatic N) is 1. The van der Waals surface area contributed by atoms with Gasteiger partial charge in [-0.15, -0.1) is 0 Å². The van der Waals surface area contributed by atoms with Crippen LogP contribution in [0.5, 0.6) is 17.2 Å². The third-order valence-corrected chi connectivity index (χ3v) is 4.05. The Kier molecular flexibility index (Phi) is 8.91. The molecule has 0 radical (unpaired) electrons. The fraction of sp³-hybridized carbons (Fsp3) is 0.600. The molecule has 152 valence electrons. The van der Waals surface area contributed by atoms with Crippen LogP contribution in [0.4, 0.5) is 0 Å². The monoisotopic (exact) mass is 380 g/mol. The van der Waals surface area contributed by atoms with Crippen molar-refractivity contribution in [2.45, 2.75) is 52.0 Å². The molecule has 0 heterocycles. The van der Waals surface area contributed by atoms with Crippen LogP contribution in [0, 0.1) is 5.21 Å². The van der Waals surface area contributed by atoms with Gasteiger partial charge in [-0.1, -0.05) is 6.42 Å². The summed E-state index contributed by atoms with van der Waals surface area (Å²) in [6, 6.07) is 3.25. The van der Waals surface area contributed by atoms with Crippen molar-refractivity contribution in [1.29, 1.82) is 0 Å². The molecule has 0 aliphatic rings. The zero-order valence-corrected chi connectivity index (χ0v) is 17.3. The Morgan fingerprint density at radius 2 is 1.67 bits per heavy atom. The summed E-state index contributed by atoms with van der Waals surface area (Å²) in [5, 5.41) is 14.6. The van der Waals surface area contributed by atoms with Crippen LogP contribution in [0.3, 0.4) is 0 Å². The SMILES string of the molecule is COc1cc(C(=O)NCCCCC/C=[N+](\[O-])C(C)(C)C)cc(OC)c1OC. The van der Waals surface area contributed by atoms with Gasteiger partial charge in [0.2, 0.25) is 5.75 Å². The van der Waals surface area contributed by atoms with Gasteiger partial charge in [-0.25, -0.2) is 4.74 Å². The van der Waals surface area contributed by atoms with Crippen molar-refractivity contribution in [2.75, 3.05) is 27.9 Å². The Morgan fingerprint density at radius 3 is 2.15 bits per heavy atom. The van der Waals surface area contributed by atoms with Gasteiger partial charge in [-0.3, -0.25) is 4.79 Å². The van der Waals surface area contributed by atoms with E-state index in [9.17, 15) is 10.0 Å². The van der Waals surface area contributed by atoms with Gasteiger partial charge in [-0.2, -0.15) is 0 Å². The van der Waals surface area contributed by atoms with Crippen molar-refractivity contribution < 1.29 is 23.7 Å². The van der Waals surface area contributed by atoms with E-state index in [-0.39, 0.29) is 5.91 Å². The lowest BCUT2D eigenvalue weighted by molar-refractivity contribution is -0.532. The molecule has 0 aromatic heterocycles. The van der Waals surface area contributed by atoms with Crippen LogP contribution < -0.4 is 19.5 Å². The van der Waals surface area contributed by atoms with Crippen molar-refractivity contribution in [3.8, 4) is 17.2 Å². The van der Waals surface area contributed by atoms with Gasteiger partial charge in [-0.05, 0) is 25.0 Å². The highest BCUT2D eigenvalue weighted by molar-refractivity contribution is 5.95. The first-order chi connectivity index (χ1) is 12.7. The molecule has 0 unspecified atom stereocenters. The quantitative estimate of drug-likeness (QED) is 0.221. The smallest absolute Gasteiger partial charge is 0.251 e. The Balaban J connectivity index is 2.47. The Hall–Kier alpha value is -2.44. The Labute approximate surface area is 161 Å². The number of carbonyl (C=O) groups excluding carboxylic acids is 1. The molecule has 1 N–H and O–H groups in total. The largest absolute Gasteiger partial charge is 0.624 e. The van der Waals surface area contributed by atoms with Crippen LogP contribution in [0.1, 0.15) is 56.8 Å². The molecule has 27 heavy (non-hydrogen) atoms. The summed E-state index contributed by atoms with van der Waals surface area (Å²) in [6.45, 7) is 6.22. The minimum atomic E-state index is -0.394. The normalized spacial score (nSPS) is 11.9. The number of hydroxylamine groups is 1. The zero-order valence-electron chi connectivity index (χ0n) is 17.3. The number of nitrogens with one attached hydrogen (secondary N) is 1. The lowest BCUT2D eigenvalue weighted by Gasteiger charge is -2.18. The summed E-state index contributed by atoms with van der Waals surface area (Å²) in [6.07, 6.45) is 5.12. The maximum atomic E-state index is 12.4. The molecule has 1 rings (SSSR count). The topological polar surface area (TPSA) is 82.9 Å². The zero-order chi connectivity index (χ0) is 20.4. The molecule has 0 aliphatic carbocycles. The first-order valence-corrected chi connectivity index (χ1v) is 9.12. The number of ether oxygens (including phenoxy) is 3. The number of rotatable bonds is 10. The summed E-state index contributed by atoms with van der Waals surface area (Å²) in [5.74, 6) is 1.15. The van der Waals surface area contributed by atoms with Gasteiger partial charge in [0, 0.05) is 39.3 Å². The molecule has 0 saturated carbocycles. The van der Waals surface area contributed by atoms with Crippen LogP contribution >= 0.6 is 0 Å². The van der Waals surface area contributed by atoms with Gasteiger partial charge in [0.05, 0.1) is 21.3 Å². The number of amides is 1. The van der Waals surface area contributed by atoms with Crippen LogP contribution in [0.15, 0.2) is 12.1 Å². The Morgan fingerprint density at radius 1 is 1.07 bits per heavy atom. The number of carbonyl (C=O) groups is 1. The third kappa shape index (κ3) is 7.00. The van der Waals surface area contributed by atoms with E-state index in [4.69, 9.17) is 14.2 Å². The van der Waals surface area contributed by atoms with E-state index in [0.717, 1.165) is 30.4 Å². The molecule has 1 amide bonds. The molecule has 0 aliphatic heterocycles. The molecule has 0 saturated heterocycles. The summed E-state index contributed by atoms with van der Waals surface area (Å²) in [5.41, 5.74) is 0.0547. The molecule has 1 aromatic rings. The van der Waals surface area contributed by atoms with Gasteiger partial charge < -0.3 is 24.7 Å². The summed E-state index contributed by atoms with van der Waals surface area (Å²) >= 11 is 0. The van der Waals surface area contributed by atoms with Gasteiger partial charge in [0.1, 0.15) is 0 Å². The lowest BCUT2D eigenvalue weighted by Crippen LogP contribution is -2.29. The number of hydrogen-bond acceptors (Lipinski definition) is 5. The van der Waals surface area contributed by atoms with E-state index >= 15 is 0 Å². The summed E-state index contributed by atoms with van der Waals surface area (Å²) in [4.78, 5) is 12.4. The molecule has 1 aromatic carbocycles. The van der Waals surface area contributed by atoms with Gasteiger partial charge in [0.25, 0.3) is 5.91 Å². The van der Waals surface area contributed by atoms with Crippen molar-refractivity contribution >= 4 is 12.1 Å². The van der Waals surface area contributed by atoms with E-state index in [2.05, 4.69) is 5.32 Å². The molecule has 0 spiro atoms. The second kappa shape index (κ2) is 10.6. The first kappa shape index (κ1) is 22.6. The van der Waals surface area contributed by atoms with Crippen molar-refractivity contribution in [1.82, 2.24) is 5.32 Å². The highest BCUT2D eigenvalue weighted by Gasteiger charge is 2.18. The van der Waals surface area contributed by atoms with E-state index in [1.54, 1.807) is 18.3 Å². The van der Waals surface area contributed by atoms with E-state index in [1.807, 2.05) is 20.8 Å². The van der Waals surface area contributed by atoms with Gasteiger partial charge >= 0.3 is 0 Å². The molecule has 0 bridgehead atoms. The second-order valence-electron chi connectivity index (χ2n) is 7.20. The van der Waals surface area contributed by atoms with Crippen LogP contribution in [0.25, 0.3) is 0 Å².